The van der Waals surface area contributed by atoms with Gasteiger partial charge in [0.15, 0.2) is 10.9 Å². The van der Waals surface area contributed by atoms with Crippen molar-refractivity contribution in [3.05, 3.63) is 18.0 Å². The van der Waals surface area contributed by atoms with Crippen LogP contribution >= 0.6 is 11.8 Å². The first-order valence-corrected chi connectivity index (χ1v) is 6.08. The number of nitrogens with zero attached hydrogens (tertiary/aromatic N) is 2. The Morgan fingerprint density at radius 2 is 2.41 bits per heavy atom. The van der Waals surface area contributed by atoms with Crippen LogP contribution in [0.25, 0.3) is 6.08 Å². The van der Waals surface area contributed by atoms with Gasteiger partial charge in [-0.25, -0.2) is 9.97 Å². The summed E-state index contributed by atoms with van der Waals surface area (Å²) in [6.45, 7) is 1.56. The SMILES string of the molecule is COc1nc(C=CCCSC(C)=O)cnc1N. The molecule has 0 atom stereocenters. The smallest absolute Gasteiger partial charge is 0.257 e. The van der Waals surface area contributed by atoms with E-state index in [1.54, 1.807) is 13.1 Å². The normalized spacial score (nSPS) is 10.7. The van der Waals surface area contributed by atoms with E-state index in [2.05, 4.69) is 9.97 Å². The Labute approximate surface area is 104 Å². The fourth-order valence-corrected chi connectivity index (χ4v) is 1.64. The van der Waals surface area contributed by atoms with Crippen LogP contribution in [0.5, 0.6) is 5.88 Å². The van der Waals surface area contributed by atoms with Gasteiger partial charge in [0.05, 0.1) is 19.0 Å². The minimum Gasteiger partial charge on any atom is -0.478 e. The van der Waals surface area contributed by atoms with E-state index in [4.69, 9.17) is 10.5 Å². The third-order valence-corrected chi connectivity index (χ3v) is 2.70. The van der Waals surface area contributed by atoms with E-state index in [9.17, 15) is 4.79 Å². The van der Waals surface area contributed by atoms with Gasteiger partial charge in [0, 0.05) is 12.7 Å². The molecule has 1 aromatic rings. The monoisotopic (exact) mass is 253 g/mol. The van der Waals surface area contributed by atoms with Gasteiger partial charge in [0.1, 0.15) is 0 Å². The van der Waals surface area contributed by atoms with Crippen LogP contribution in [0.3, 0.4) is 0 Å². The van der Waals surface area contributed by atoms with Crippen molar-refractivity contribution in [3.63, 3.8) is 0 Å². The number of methoxy groups -OCH3 is 1. The molecule has 1 heterocycles. The number of carbonyl (C=O) groups excluding carboxylic acids is 1. The van der Waals surface area contributed by atoms with E-state index in [-0.39, 0.29) is 10.9 Å². The molecule has 92 valence electrons. The van der Waals surface area contributed by atoms with Crippen LogP contribution in [0.2, 0.25) is 0 Å². The maximum absolute atomic E-state index is 10.7. The van der Waals surface area contributed by atoms with Crippen LogP contribution in [-0.4, -0.2) is 27.9 Å². The number of allylic oxidation sites excluding steroid dienone is 1. The van der Waals surface area contributed by atoms with E-state index in [1.807, 2.05) is 12.2 Å². The quantitative estimate of drug-likeness (QED) is 0.805. The number of aromatic nitrogens is 2. The van der Waals surface area contributed by atoms with Crippen molar-refractivity contribution in [2.24, 2.45) is 0 Å². The second kappa shape index (κ2) is 6.90. The summed E-state index contributed by atoms with van der Waals surface area (Å²) in [4.78, 5) is 18.8. The molecule has 0 radical (unpaired) electrons. The lowest BCUT2D eigenvalue weighted by Crippen LogP contribution is -1.99. The first-order valence-electron chi connectivity index (χ1n) is 5.10. The molecule has 1 rings (SSSR count). The molecule has 0 bridgehead atoms. The Morgan fingerprint density at radius 1 is 1.65 bits per heavy atom. The first kappa shape index (κ1) is 13.5. The lowest BCUT2D eigenvalue weighted by Gasteiger charge is -2.02. The van der Waals surface area contributed by atoms with Crippen molar-refractivity contribution in [3.8, 4) is 5.88 Å². The van der Waals surface area contributed by atoms with Crippen molar-refractivity contribution in [2.75, 3.05) is 18.6 Å². The van der Waals surface area contributed by atoms with Crippen LogP contribution in [0.1, 0.15) is 19.0 Å². The summed E-state index contributed by atoms with van der Waals surface area (Å²) in [6.07, 6.45) is 6.15. The zero-order valence-corrected chi connectivity index (χ0v) is 10.7. The van der Waals surface area contributed by atoms with Gasteiger partial charge in [-0.2, -0.15) is 0 Å². The predicted molar refractivity (Wildman–Crippen MR) is 69.8 cm³/mol. The molecule has 6 heteroatoms. The molecule has 0 aromatic carbocycles. The second-order valence-corrected chi connectivity index (χ2v) is 4.49. The predicted octanol–water partition coefficient (Wildman–Crippen LogP) is 1.75. The molecule has 0 aliphatic rings. The number of nitrogen functional groups attached to an aromatic ring is 1. The molecular weight excluding hydrogens is 238 g/mol. The Bertz CT molecular complexity index is 421. The number of nitrogens with two attached hydrogens (primary N) is 1. The van der Waals surface area contributed by atoms with Gasteiger partial charge in [-0.1, -0.05) is 17.8 Å². The number of carbonyl (C=O) groups is 1. The Kier molecular flexibility index (Phi) is 5.48. The molecular formula is C11H15N3O2S. The highest BCUT2D eigenvalue weighted by Crippen LogP contribution is 2.15. The van der Waals surface area contributed by atoms with Crippen molar-refractivity contribution in [2.45, 2.75) is 13.3 Å². The standard InChI is InChI=1S/C11H15N3O2S/c1-8(15)17-6-4-3-5-9-7-13-10(12)11(14-9)16-2/h3,5,7H,4,6H2,1-2H3,(H2,12,13). The third-order valence-electron chi connectivity index (χ3n) is 1.86. The van der Waals surface area contributed by atoms with E-state index in [0.717, 1.165) is 12.2 Å². The summed E-state index contributed by atoms with van der Waals surface area (Å²) in [5, 5.41) is 0.132. The fraction of sp³-hybridized carbons (Fsp3) is 0.364. The Balaban J connectivity index is 2.50. The van der Waals surface area contributed by atoms with Gasteiger partial charge in [-0.15, -0.1) is 0 Å². The maximum atomic E-state index is 10.7. The van der Waals surface area contributed by atoms with Gasteiger partial charge >= 0.3 is 0 Å². The van der Waals surface area contributed by atoms with E-state index in [0.29, 0.717) is 11.6 Å². The van der Waals surface area contributed by atoms with Gasteiger partial charge < -0.3 is 10.5 Å². The topological polar surface area (TPSA) is 78.1 Å². The summed E-state index contributed by atoms with van der Waals surface area (Å²) in [5.41, 5.74) is 6.23. The summed E-state index contributed by atoms with van der Waals surface area (Å²) in [6, 6.07) is 0. The molecule has 0 fully saturated rings. The number of hydrogen-bond acceptors (Lipinski definition) is 6. The Hall–Kier alpha value is -1.56. The molecule has 1 aromatic heterocycles. The maximum Gasteiger partial charge on any atom is 0.257 e. The number of ether oxygens (including phenoxy) is 1. The highest BCUT2D eigenvalue weighted by atomic mass is 32.2. The number of hydrogen-bond donors (Lipinski definition) is 1. The van der Waals surface area contributed by atoms with Crippen molar-refractivity contribution < 1.29 is 9.53 Å². The molecule has 5 nitrogen and oxygen atoms in total. The van der Waals surface area contributed by atoms with Crippen LogP contribution < -0.4 is 10.5 Å². The summed E-state index contributed by atoms with van der Waals surface area (Å²) in [7, 11) is 1.50. The van der Waals surface area contributed by atoms with Crippen molar-refractivity contribution in [1.29, 1.82) is 0 Å². The fourth-order valence-electron chi connectivity index (χ4n) is 1.10. The van der Waals surface area contributed by atoms with Crippen LogP contribution in [0.4, 0.5) is 5.82 Å². The highest BCUT2D eigenvalue weighted by molar-refractivity contribution is 8.13. The number of thioether (sulfide) groups is 1. The van der Waals surface area contributed by atoms with Crippen molar-refractivity contribution in [1.82, 2.24) is 9.97 Å². The second-order valence-electron chi connectivity index (χ2n) is 3.22. The minimum absolute atomic E-state index is 0.132. The molecule has 2 N–H and O–H groups in total. The lowest BCUT2D eigenvalue weighted by molar-refractivity contribution is -0.109. The summed E-state index contributed by atoms with van der Waals surface area (Å²) in [5.74, 6) is 1.37. The summed E-state index contributed by atoms with van der Waals surface area (Å²) < 4.78 is 4.96. The van der Waals surface area contributed by atoms with E-state index >= 15 is 0 Å². The molecule has 0 saturated carbocycles. The number of anilines is 1. The van der Waals surface area contributed by atoms with Crippen LogP contribution in [0, 0.1) is 0 Å². The molecule has 0 unspecified atom stereocenters. The number of rotatable bonds is 5. The van der Waals surface area contributed by atoms with E-state index in [1.165, 1.54) is 18.9 Å². The summed E-state index contributed by atoms with van der Waals surface area (Å²) >= 11 is 1.31. The van der Waals surface area contributed by atoms with Gasteiger partial charge in [-0.05, 0) is 12.5 Å². The molecule has 0 spiro atoms. The van der Waals surface area contributed by atoms with Crippen LogP contribution in [0.15, 0.2) is 12.3 Å². The van der Waals surface area contributed by atoms with E-state index < -0.39 is 0 Å². The first-order chi connectivity index (χ1) is 8.13. The van der Waals surface area contributed by atoms with Crippen LogP contribution in [-0.2, 0) is 4.79 Å². The van der Waals surface area contributed by atoms with Gasteiger partial charge in [0.2, 0.25) is 0 Å². The zero-order chi connectivity index (χ0) is 12.7. The molecule has 0 amide bonds. The molecule has 17 heavy (non-hydrogen) atoms. The minimum atomic E-state index is 0.132. The highest BCUT2D eigenvalue weighted by Gasteiger charge is 2.01. The average molecular weight is 253 g/mol. The van der Waals surface area contributed by atoms with Crippen molar-refractivity contribution >= 4 is 28.8 Å². The molecule has 0 saturated heterocycles. The van der Waals surface area contributed by atoms with Gasteiger partial charge in [-0.3, -0.25) is 4.79 Å². The molecule has 0 aliphatic heterocycles. The third kappa shape index (κ3) is 4.86. The lowest BCUT2D eigenvalue weighted by atomic mass is 10.3. The zero-order valence-electron chi connectivity index (χ0n) is 9.84. The Morgan fingerprint density at radius 3 is 3.06 bits per heavy atom. The largest absolute Gasteiger partial charge is 0.478 e. The molecule has 0 aliphatic carbocycles. The average Bonchev–Trinajstić information content (AvgIpc) is 2.30. The van der Waals surface area contributed by atoms with Gasteiger partial charge in [0.25, 0.3) is 5.88 Å².